The molecule has 86 valence electrons. The Kier molecular flexibility index (Phi) is 2.62. The van der Waals surface area contributed by atoms with E-state index in [4.69, 9.17) is 4.74 Å². The first kappa shape index (κ1) is 11.0. The maximum absolute atomic E-state index is 13.1. The molecule has 0 amide bonds. The summed E-state index contributed by atoms with van der Waals surface area (Å²) >= 11 is 0. The fraction of sp³-hybridized carbons (Fsp3) is 0.385. The summed E-state index contributed by atoms with van der Waals surface area (Å²) in [6.45, 7) is 5.22. The van der Waals surface area contributed by atoms with Gasteiger partial charge in [0.2, 0.25) is 0 Å². The lowest BCUT2D eigenvalue weighted by molar-refractivity contribution is 0.410. The van der Waals surface area contributed by atoms with E-state index in [2.05, 4.69) is 24.8 Å². The lowest BCUT2D eigenvalue weighted by atomic mass is 9.96. The molecule has 0 aromatic heterocycles. The molecule has 0 N–H and O–H groups in total. The molecule has 0 radical (unpaired) electrons. The van der Waals surface area contributed by atoms with Crippen LogP contribution in [0.15, 0.2) is 30.5 Å². The normalized spacial score (nSPS) is 17.9. The Labute approximate surface area is 95.3 Å². The number of halogens is 1. The van der Waals surface area contributed by atoms with Crippen molar-refractivity contribution < 1.29 is 9.13 Å². The van der Waals surface area contributed by atoms with Crippen LogP contribution in [0.3, 0.4) is 0 Å². The first-order valence-electron chi connectivity index (χ1n) is 5.31. The Morgan fingerprint density at radius 3 is 2.69 bits per heavy atom. The maximum Gasteiger partial charge on any atom is 0.145 e. The number of hydrogen-bond donors (Lipinski definition) is 0. The smallest absolute Gasteiger partial charge is 0.145 e. The molecular weight excluding hydrogens is 205 g/mol. The van der Waals surface area contributed by atoms with Crippen molar-refractivity contribution in [2.24, 2.45) is 5.41 Å². The standard InChI is InChI=1S/C13H16FNO/c1-13(2)6-7-15(9-13)11-5-4-10(14)8-12(11)16-3/h4-8H,9H2,1-3H3. The van der Waals surface area contributed by atoms with Gasteiger partial charge >= 0.3 is 0 Å². The Balaban J connectivity index is 2.32. The van der Waals surface area contributed by atoms with Crippen LogP contribution in [-0.2, 0) is 0 Å². The Morgan fingerprint density at radius 1 is 1.38 bits per heavy atom. The van der Waals surface area contributed by atoms with Crippen molar-refractivity contribution in [2.45, 2.75) is 13.8 Å². The topological polar surface area (TPSA) is 12.5 Å². The molecule has 2 rings (SSSR count). The van der Waals surface area contributed by atoms with Gasteiger partial charge < -0.3 is 9.64 Å². The van der Waals surface area contributed by atoms with Crippen LogP contribution in [0.5, 0.6) is 5.75 Å². The second-order valence-electron chi connectivity index (χ2n) is 4.75. The van der Waals surface area contributed by atoms with Crippen LogP contribution in [-0.4, -0.2) is 13.7 Å². The van der Waals surface area contributed by atoms with Crippen LogP contribution in [0.2, 0.25) is 0 Å². The summed E-state index contributed by atoms with van der Waals surface area (Å²) in [5.74, 6) is 0.297. The molecule has 1 heterocycles. The van der Waals surface area contributed by atoms with E-state index in [0.717, 1.165) is 12.2 Å². The molecule has 3 heteroatoms. The van der Waals surface area contributed by atoms with Crippen LogP contribution < -0.4 is 9.64 Å². The molecule has 0 fully saturated rings. The third-order valence-corrected chi connectivity index (χ3v) is 2.73. The van der Waals surface area contributed by atoms with Gasteiger partial charge in [0, 0.05) is 24.2 Å². The minimum absolute atomic E-state index is 0.152. The summed E-state index contributed by atoms with van der Waals surface area (Å²) < 4.78 is 18.2. The first-order valence-corrected chi connectivity index (χ1v) is 5.31. The summed E-state index contributed by atoms with van der Waals surface area (Å²) in [6.07, 6.45) is 4.17. The average Bonchev–Trinajstić information content (AvgIpc) is 2.58. The van der Waals surface area contributed by atoms with E-state index in [0.29, 0.717) is 5.75 Å². The number of methoxy groups -OCH3 is 1. The molecule has 0 atom stereocenters. The monoisotopic (exact) mass is 221 g/mol. The van der Waals surface area contributed by atoms with Gasteiger partial charge in [0.05, 0.1) is 12.8 Å². The van der Waals surface area contributed by atoms with Crippen molar-refractivity contribution in [1.82, 2.24) is 0 Å². The highest BCUT2D eigenvalue weighted by Gasteiger charge is 2.25. The van der Waals surface area contributed by atoms with Gasteiger partial charge in [-0.15, -0.1) is 0 Å². The van der Waals surface area contributed by atoms with Crippen molar-refractivity contribution in [1.29, 1.82) is 0 Å². The summed E-state index contributed by atoms with van der Waals surface area (Å²) in [4.78, 5) is 2.08. The van der Waals surface area contributed by atoms with Gasteiger partial charge in [0.1, 0.15) is 11.6 Å². The van der Waals surface area contributed by atoms with Gasteiger partial charge in [-0.2, -0.15) is 0 Å². The van der Waals surface area contributed by atoms with Crippen molar-refractivity contribution in [3.05, 3.63) is 36.3 Å². The van der Waals surface area contributed by atoms with Gasteiger partial charge in [-0.1, -0.05) is 19.9 Å². The van der Waals surface area contributed by atoms with Gasteiger partial charge in [-0.05, 0) is 12.1 Å². The quantitative estimate of drug-likeness (QED) is 0.760. The summed E-state index contributed by atoms with van der Waals surface area (Å²) in [7, 11) is 1.56. The number of anilines is 1. The molecule has 0 bridgehead atoms. The number of nitrogens with zero attached hydrogens (tertiary/aromatic N) is 1. The van der Waals surface area contributed by atoms with Gasteiger partial charge in [-0.25, -0.2) is 4.39 Å². The maximum atomic E-state index is 13.1. The van der Waals surface area contributed by atoms with E-state index in [1.807, 2.05) is 6.20 Å². The van der Waals surface area contributed by atoms with Gasteiger partial charge in [0.25, 0.3) is 0 Å². The van der Waals surface area contributed by atoms with E-state index >= 15 is 0 Å². The predicted octanol–water partition coefficient (Wildman–Crippen LogP) is 3.19. The Bertz CT molecular complexity index is 426. The van der Waals surface area contributed by atoms with Crippen molar-refractivity contribution in [3.8, 4) is 5.75 Å². The molecule has 0 saturated heterocycles. The Morgan fingerprint density at radius 2 is 2.12 bits per heavy atom. The molecule has 0 spiro atoms. The zero-order chi connectivity index (χ0) is 11.8. The molecular formula is C13H16FNO. The molecule has 1 aromatic rings. The summed E-state index contributed by atoms with van der Waals surface area (Å²) in [5.41, 5.74) is 1.06. The number of hydrogen-bond acceptors (Lipinski definition) is 2. The molecule has 0 aliphatic carbocycles. The summed E-state index contributed by atoms with van der Waals surface area (Å²) in [5, 5.41) is 0. The summed E-state index contributed by atoms with van der Waals surface area (Å²) in [6, 6.07) is 4.62. The van der Waals surface area contributed by atoms with E-state index < -0.39 is 0 Å². The SMILES string of the molecule is COc1cc(F)ccc1N1C=CC(C)(C)C1. The zero-order valence-electron chi connectivity index (χ0n) is 9.83. The molecule has 0 saturated carbocycles. The lowest BCUT2D eigenvalue weighted by Gasteiger charge is -2.23. The van der Waals surface area contributed by atoms with Crippen molar-refractivity contribution in [2.75, 3.05) is 18.6 Å². The predicted molar refractivity (Wildman–Crippen MR) is 63.2 cm³/mol. The second-order valence-corrected chi connectivity index (χ2v) is 4.75. The minimum atomic E-state index is -0.275. The molecule has 1 aliphatic rings. The molecule has 16 heavy (non-hydrogen) atoms. The average molecular weight is 221 g/mol. The van der Waals surface area contributed by atoms with Crippen LogP contribution >= 0.6 is 0 Å². The number of benzene rings is 1. The third kappa shape index (κ3) is 2.03. The van der Waals surface area contributed by atoms with E-state index in [1.54, 1.807) is 13.2 Å². The van der Waals surface area contributed by atoms with Crippen LogP contribution in [0.4, 0.5) is 10.1 Å². The van der Waals surface area contributed by atoms with Crippen LogP contribution in [0.1, 0.15) is 13.8 Å². The van der Waals surface area contributed by atoms with Gasteiger partial charge in [-0.3, -0.25) is 0 Å². The highest BCUT2D eigenvalue weighted by Crippen LogP contribution is 2.35. The highest BCUT2D eigenvalue weighted by molar-refractivity contribution is 5.61. The highest BCUT2D eigenvalue weighted by atomic mass is 19.1. The Hall–Kier alpha value is -1.51. The first-order chi connectivity index (χ1) is 7.52. The number of rotatable bonds is 2. The second kappa shape index (κ2) is 3.81. The van der Waals surface area contributed by atoms with E-state index in [1.165, 1.54) is 12.1 Å². The molecule has 1 aliphatic heterocycles. The third-order valence-electron chi connectivity index (χ3n) is 2.73. The largest absolute Gasteiger partial charge is 0.494 e. The van der Waals surface area contributed by atoms with Crippen molar-refractivity contribution >= 4 is 5.69 Å². The van der Waals surface area contributed by atoms with E-state index in [9.17, 15) is 4.39 Å². The minimum Gasteiger partial charge on any atom is -0.494 e. The van der Waals surface area contributed by atoms with Crippen LogP contribution in [0, 0.1) is 11.2 Å². The fourth-order valence-corrected chi connectivity index (χ4v) is 1.89. The fourth-order valence-electron chi connectivity index (χ4n) is 1.89. The van der Waals surface area contributed by atoms with Crippen LogP contribution in [0.25, 0.3) is 0 Å². The molecule has 0 unspecified atom stereocenters. The van der Waals surface area contributed by atoms with E-state index in [-0.39, 0.29) is 11.2 Å². The molecule has 2 nitrogen and oxygen atoms in total. The lowest BCUT2D eigenvalue weighted by Crippen LogP contribution is -2.22. The van der Waals surface area contributed by atoms with Crippen molar-refractivity contribution in [3.63, 3.8) is 0 Å². The number of ether oxygens (including phenoxy) is 1. The zero-order valence-corrected chi connectivity index (χ0v) is 9.83. The van der Waals surface area contributed by atoms with Gasteiger partial charge in [0.15, 0.2) is 0 Å². The molecule has 1 aromatic carbocycles.